The average Bonchev–Trinajstić information content (AvgIpc) is 2.80. The van der Waals surface area contributed by atoms with Crippen molar-refractivity contribution in [2.75, 3.05) is 31.7 Å². The van der Waals surface area contributed by atoms with Gasteiger partial charge in [-0.2, -0.15) is 0 Å². The van der Waals surface area contributed by atoms with Crippen molar-refractivity contribution in [1.29, 1.82) is 0 Å². The van der Waals surface area contributed by atoms with Crippen LogP contribution in [0.2, 0.25) is 0 Å². The summed E-state index contributed by atoms with van der Waals surface area (Å²) < 4.78 is 46.0. The maximum Gasteiger partial charge on any atom is 1.00 e. The molecule has 2 atom stereocenters. The molecule has 0 heterocycles. The second-order valence-electron chi connectivity index (χ2n) is 7.78. The molecule has 0 fully saturated rings. The minimum absolute atomic E-state index is 0. The van der Waals surface area contributed by atoms with Gasteiger partial charge in [0.1, 0.15) is 40.9 Å². The van der Waals surface area contributed by atoms with Crippen LogP contribution in [0.1, 0.15) is 13.3 Å². The summed E-state index contributed by atoms with van der Waals surface area (Å²) in [6, 6.07) is 16.6. The molecule has 3 rings (SSSR count). The zero-order valence-corrected chi connectivity index (χ0v) is 20.4. The van der Waals surface area contributed by atoms with E-state index in [2.05, 4.69) is 0 Å². The van der Waals surface area contributed by atoms with Crippen LogP contribution in [-0.2, 0) is 10.1 Å². The van der Waals surface area contributed by atoms with E-state index in [0.717, 1.165) is 0 Å². The third-order valence-corrected chi connectivity index (χ3v) is 6.08. The van der Waals surface area contributed by atoms with Crippen LogP contribution in [0.3, 0.4) is 0 Å². The molecule has 0 saturated heterocycles. The Kier molecular flexibility index (Phi) is 10.2. The Labute approximate surface area is 212 Å². The van der Waals surface area contributed by atoms with E-state index in [1.165, 1.54) is 6.07 Å². The Morgan fingerprint density at radius 1 is 0.912 bits per heavy atom. The first-order valence-corrected chi connectivity index (χ1v) is 12.0. The zero-order valence-electron chi connectivity index (χ0n) is 19.5. The number of hydrogen-bond acceptors (Lipinski definition) is 8. The summed E-state index contributed by atoms with van der Waals surface area (Å²) in [6.45, 7) is 2.30. The number of aliphatic hydroxyl groups excluding tert-OH is 2. The Morgan fingerprint density at radius 2 is 1.50 bits per heavy atom. The summed E-state index contributed by atoms with van der Waals surface area (Å²) in [4.78, 5) is 1.51. The van der Waals surface area contributed by atoms with Crippen LogP contribution in [-0.4, -0.2) is 62.2 Å². The van der Waals surface area contributed by atoms with Crippen LogP contribution in [0.25, 0.3) is 10.8 Å². The normalized spacial score (nSPS) is 13.1. The monoisotopic (exact) mass is 481 g/mol. The molecular formula is C24H28LiNO7S. The SMILES string of the molecule is CCC(O)COc1cccc(OCC(O)CN(C)c2ccc(S(=O)(=O)[O-])c3ccccc23)c1.[Li+]. The molecule has 178 valence electrons. The number of fused-ring (bicyclic) bond motifs is 1. The van der Waals surface area contributed by atoms with E-state index in [0.29, 0.717) is 34.4 Å². The Morgan fingerprint density at radius 3 is 2.09 bits per heavy atom. The number of nitrogens with zero attached hydrogens (tertiary/aromatic N) is 1. The van der Waals surface area contributed by atoms with Crippen molar-refractivity contribution in [2.24, 2.45) is 0 Å². The van der Waals surface area contributed by atoms with Gasteiger partial charge in [-0.3, -0.25) is 0 Å². The maximum atomic E-state index is 11.6. The van der Waals surface area contributed by atoms with Gasteiger partial charge in [-0.05, 0) is 30.7 Å². The minimum Gasteiger partial charge on any atom is -0.744 e. The van der Waals surface area contributed by atoms with E-state index >= 15 is 0 Å². The molecule has 0 radical (unpaired) electrons. The van der Waals surface area contributed by atoms with Gasteiger partial charge >= 0.3 is 18.9 Å². The molecule has 0 aliphatic heterocycles. The number of hydrogen-bond donors (Lipinski definition) is 2. The van der Waals surface area contributed by atoms with Gasteiger partial charge in [0.05, 0.1) is 11.0 Å². The fourth-order valence-corrected chi connectivity index (χ4v) is 4.11. The predicted octanol–water partition coefficient (Wildman–Crippen LogP) is -0.226. The van der Waals surface area contributed by atoms with Crippen LogP contribution >= 0.6 is 0 Å². The molecule has 10 heteroatoms. The topological polar surface area (TPSA) is 119 Å². The number of benzene rings is 3. The van der Waals surface area contributed by atoms with Crippen molar-refractivity contribution in [3.63, 3.8) is 0 Å². The summed E-state index contributed by atoms with van der Waals surface area (Å²) in [5.41, 5.74) is 0.682. The van der Waals surface area contributed by atoms with Gasteiger partial charge < -0.3 is 29.1 Å². The van der Waals surface area contributed by atoms with Crippen molar-refractivity contribution >= 4 is 26.6 Å². The summed E-state index contributed by atoms with van der Waals surface area (Å²) in [7, 11) is -2.84. The largest absolute Gasteiger partial charge is 1.00 e. The van der Waals surface area contributed by atoms with Crippen LogP contribution in [0.5, 0.6) is 11.5 Å². The fourth-order valence-electron chi connectivity index (χ4n) is 3.43. The number of aliphatic hydroxyl groups is 2. The number of ether oxygens (including phenoxy) is 2. The van der Waals surface area contributed by atoms with Crippen molar-refractivity contribution in [3.8, 4) is 11.5 Å². The number of likely N-dealkylation sites (N-methyl/N-ethyl adjacent to an activating group) is 1. The molecule has 3 aromatic rings. The minimum atomic E-state index is -4.61. The van der Waals surface area contributed by atoms with Gasteiger partial charge in [0.25, 0.3) is 0 Å². The third kappa shape index (κ3) is 7.37. The van der Waals surface area contributed by atoms with E-state index in [1.54, 1.807) is 66.5 Å². The zero-order chi connectivity index (χ0) is 24.0. The van der Waals surface area contributed by atoms with Crippen LogP contribution in [0, 0.1) is 0 Å². The van der Waals surface area contributed by atoms with Gasteiger partial charge in [-0.25, -0.2) is 8.42 Å². The summed E-state index contributed by atoms with van der Waals surface area (Å²) >= 11 is 0. The first-order chi connectivity index (χ1) is 15.7. The van der Waals surface area contributed by atoms with E-state index in [-0.39, 0.29) is 43.5 Å². The summed E-state index contributed by atoms with van der Waals surface area (Å²) in [5, 5.41) is 21.1. The van der Waals surface area contributed by atoms with E-state index < -0.39 is 22.3 Å². The van der Waals surface area contributed by atoms with Crippen molar-refractivity contribution < 1.29 is 51.5 Å². The molecule has 0 aliphatic rings. The van der Waals surface area contributed by atoms with E-state index in [9.17, 15) is 23.2 Å². The number of anilines is 1. The predicted molar refractivity (Wildman–Crippen MR) is 125 cm³/mol. The molecule has 0 amide bonds. The van der Waals surface area contributed by atoms with Gasteiger partial charge in [-0.15, -0.1) is 0 Å². The van der Waals surface area contributed by atoms with Crippen LogP contribution in [0.15, 0.2) is 65.6 Å². The number of rotatable bonds is 11. The standard InChI is InChI=1S/C24H29NO7S.Li/c1-3-17(26)15-31-19-7-6-8-20(13-19)32-16-18(27)14-25(2)23-11-12-24(33(28,29)30)22-10-5-4-9-21(22)23;/h4-13,17-18,26-27H,3,14-16H2,1-2H3,(H,28,29,30);/q;+1/p-1. The third-order valence-electron chi connectivity index (χ3n) is 5.19. The molecule has 34 heavy (non-hydrogen) atoms. The molecule has 0 saturated carbocycles. The van der Waals surface area contributed by atoms with E-state index in [4.69, 9.17) is 9.47 Å². The second-order valence-corrected chi connectivity index (χ2v) is 9.12. The fraction of sp³-hybridized carbons (Fsp3) is 0.333. The second kappa shape index (κ2) is 12.5. The molecule has 0 bridgehead atoms. The van der Waals surface area contributed by atoms with Crippen LogP contribution in [0.4, 0.5) is 5.69 Å². The molecule has 0 aromatic heterocycles. The van der Waals surface area contributed by atoms with Crippen LogP contribution < -0.4 is 33.2 Å². The first-order valence-electron chi connectivity index (χ1n) is 10.6. The summed E-state index contributed by atoms with van der Waals surface area (Å²) in [6.07, 6.45) is -0.783. The molecule has 0 aliphatic carbocycles. The average molecular weight is 481 g/mol. The van der Waals surface area contributed by atoms with Crippen molar-refractivity contribution in [1.82, 2.24) is 0 Å². The van der Waals surface area contributed by atoms with E-state index in [1.807, 2.05) is 6.92 Å². The Balaban J connectivity index is 0.00000408. The first kappa shape index (κ1) is 28.0. The molecule has 2 N–H and O–H groups in total. The molecular weight excluding hydrogens is 453 g/mol. The van der Waals surface area contributed by atoms with Gasteiger partial charge in [0, 0.05) is 36.1 Å². The van der Waals surface area contributed by atoms with Gasteiger partial charge in [-0.1, -0.05) is 37.3 Å². The maximum absolute atomic E-state index is 11.6. The quantitative estimate of drug-likeness (QED) is 0.285. The molecule has 0 spiro atoms. The Bertz CT molecular complexity index is 1190. The molecule has 8 nitrogen and oxygen atoms in total. The van der Waals surface area contributed by atoms with Crippen molar-refractivity contribution in [2.45, 2.75) is 30.4 Å². The smallest absolute Gasteiger partial charge is 0.744 e. The molecule has 3 aromatic carbocycles. The van der Waals surface area contributed by atoms with Gasteiger partial charge in [0.2, 0.25) is 0 Å². The van der Waals surface area contributed by atoms with Gasteiger partial charge in [0.15, 0.2) is 0 Å². The summed E-state index contributed by atoms with van der Waals surface area (Å²) in [5.74, 6) is 1.09. The Hall–Kier alpha value is -2.25. The molecule has 2 unspecified atom stereocenters. The van der Waals surface area contributed by atoms with Crippen molar-refractivity contribution in [3.05, 3.63) is 60.7 Å².